The summed E-state index contributed by atoms with van der Waals surface area (Å²) in [4.78, 5) is 18.3. The minimum atomic E-state index is -4.53. The maximum atomic E-state index is 13.2. The Hall–Kier alpha value is -2.62. The zero-order valence-corrected chi connectivity index (χ0v) is 17.5. The Kier molecular flexibility index (Phi) is 5.81. The Balaban J connectivity index is 1.95. The number of carbonyl (C=O) groups excluding carboxylic acids is 1. The van der Waals surface area contributed by atoms with Gasteiger partial charge in [-0.1, -0.05) is 6.92 Å². The van der Waals surface area contributed by atoms with Gasteiger partial charge in [0.25, 0.3) is 5.91 Å². The first kappa shape index (κ1) is 22.1. The van der Waals surface area contributed by atoms with Crippen molar-refractivity contribution < 1.29 is 31.1 Å². The molecule has 0 radical (unpaired) electrons. The number of hydrogen-bond donors (Lipinski definition) is 0. The maximum Gasteiger partial charge on any atom is 0.417 e. The van der Waals surface area contributed by atoms with E-state index < -0.39 is 27.5 Å². The van der Waals surface area contributed by atoms with Gasteiger partial charge in [-0.05, 0) is 43.2 Å². The molecular formula is C20H21F3N2O4S. The SMILES string of the molecule is CC[C@@H](C)Oc1ccc(S(C)(=O)=O)cc1C(=O)N1Cc2cc(C(F)(F)F)cnc2C1. The van der Waals surface area contributed by atoms with Crippen molar-refractivity contribution in [2.24, 2.45) is 0 Å². The number of carbonyl (C=O) groups is 1. The van der Waals surface area contributed by atoms with Crippen molar-refractivity contribution >= 4 is 15.7 Å². The fraction of sp³-hybridized carbons (Fsp3) is 0.400. The normalized spacial score (nSPS) is 15.1. The summed E-state index contributed by atoms with van der Waals surface area (Å²) < 4.78 is 68.5. The number of aromatic nitrogens is 1. The number of halogens is 3. The van der Waals surface area contributed by atoms with E-state index >= 15 is 0 Å². The van der Waals surface area contributed by atoms with Crippen molar-refractivity contribution in [2.45, 2.75) is 50.5 Å². The molecule has 0 saturated heterocycles. The summed E-state index contributed by atoms with van der Waals surface area (Å²) in [5.74, 6) is -0.313. The molecule has 162 valence electrons. The molecule has 1 aliphatic heterocycles. The highest BCUT2D eigenvalue weighted by Crippen LogP contribution is 2.33. The van der Waals surface area contributed by atoms with Crippen LogP contribution in [0.2, 0.25) is 0 Å². The summed E-state index contributed by atoms with van der Waals surface area (Å²) in [7, 11) is -3.57. The molecule has 30 heavy (non-hydrogen) atoms. The highest BCUT2D eigenvalue weighted by atomic mass is 32.2. The first-order valence-corrected chi connectivity index (χ1v) is 11.1. The van der Waals surface area contributed by atoms with E-state index in [1.807, 2.05) is 13.8 Å². The number of rotatable bonds is 5. The van der Waals surface area contributed by atoms with Crippen molar-refractivity contribution in [3.63, 3.8) is 0 Å². The largest absolute Gasteiger partial charge is 0.490 e. The smallest absolute Gasteiger partial charge is 0.417 e. The van der Waals surface area contributed by atoms with Crippen LogP contribution in [-0.2, 0) is 29.1 Å². The summed E-state index contributed by atoms with van der Waals surface area (Å²) in [6, 6.07) is 5.02. The van der Waals surface area contributed by atoms with Crippen LogP contribution in [0.5, 0.6) is 5.75 Å². The van der Waals surface area contributed by atoms with Crippen LogP contribution in [0.4, 0.5) is 13.2 Å². The quantitative estimate of drug-likeness (QED) is 0.703. The third-order valence-corrected chi connectivity index (χ3v) is 6.00. The van der Waals surface area contributed by atoms with Gasteiger partial charge in [-0.25, -0.2) is 8.42 Å². The van der Waals surface area contributed by atoms with Gasteiger partial charge in [0.2, 0.25) is 0 Å². The van der Waals surface area contributed by atoms with E-state index in [1.54, 1.807) is 0 Å². The second-order valence-electron chi connectivity index (χ2n) is 7.26. The number of nitrogens with zero attached hydrogens (tertiary/aromatic N) is 2. The molecule has 0 spiro atoms. The molecule has 0 N–H and O–H groups in total. The maximum absolute atomic E-state index is 13.2. The molecule has 0 aliphatic carbocycles. The van der Waals surface area contributed by atoms with Crippen molar-refractivity contribution in [3.05, 3.63) is 52.8 Å². The number of hydrogen-bond acceptors (Lipinski definition) is 5. The molecule has 1 atom stereocenters. The fourth-order valence-corrected chi connectivity index (χ4v) is 3.69. The topological polar surface area (TPSA) is 76.6 Å². The lowest BCUT2D eigenvalue weighted by molar-refractivity contribution is -0.137. The van der Waals surface area contributed by atoms with Gasteiger partial charge in [-0.2, -0.15) is 13.2 Å². The molecule has 0 fully saturated rings. The van der Waals surface area contributed by atoms with Gasteiger partial charge >= 0.3 is 6.18 Å². The zero-order chi connectivity index (χ0) is 22.3. The molecular weight excluding hydrogens is 421 g/mol. The first-order valence-electron chi connectivity index (χ1n) is 9.25. The second kappa shape index (κ2) is 7.90. The van der Waals surface area contributed by atoms with Crippen molar-refractivity contribution in [2.75, 3.05) is 6.26 Å². The molecule has 1 amide bonds. The number of benzene rings is 1. The van der Waals surface area contributed by atoms with Gasteiger partial charge in [0, 0.05) is 19.0 Å². The number of sulfone groups is 1. The van der Waals surface area contributed by atoms with Gasteiger partial charge in [-0.15, -0.1) is 0 Å². The minimum absolute atomic E-state index is 0.0260. The molecule has 2 aromatic rings. The monoisotopic (exact) mass is 442 g/mol. The van der Waals surface area contributed by atoms with Gasteiger partial charge in [-0.3, -0.25) is 9.78 Å². The molecule has 1 aromatic heterocycles. The number of fused-ring (bicyclic) bond motifs is 1. The van der Waals surface area contributed by atoms with E-state index in [1.165, 1.54) is 23.1 Å². The lowest BCUT2D eigenvalue weighted by Crippen LogP contribution is -2.27. The molecule has 10 heteroatoms. The molecule has 1 aromatic carbocycles. The summed E-state index contributed by atoms with van der Waals surface area (Å²) in [5.41, 5.74) is -0.153. The van der Waals surface area contributed by atoms with Crippen LogP contribution in [0.1, 0.15) is 47.4 Å². The predicted molar refractivity (Wildman–Crippen MR) is 103 cm³/mol. The van der Waals surface area contributed by atoms with Crippen LogP contribution < -0.4 is 4.74 Å². The van der Waals surface area contributed by atoms with Crippen molar-refractivity contribution in [3.8, 4) is 5.75 Å². The standard InChI is InChI=1S/C20H21F3N2O4S/c1-4-12(2)29-18-6-5-15(30(3,27)28)8-16(18)19(26)25-10-13-7-14(20(21,22)23)9-24-17(13)11-25/h5-9,12H,4,10-11H2,1-3H3/t12-/m1/s1. The highest BCUT2D eigenvalue weighted by Gasteiger charge is 2.34. The average Bonchev–Trinajstić information content (AvgIpc) is 3.09. The van der Waals surface area contributed by atoms with E-state index in [4.69, 9.17) is 4.74 Å². The molecule has 1 aliphatic rings. The summed E-state index contributed by atoms with van der Waals surface area (Å²) in [6.45, 7) is 3.68. The third kappa shape index (κ3) is 4.58. The fourth-order valence-electron chi connectivity index (χ4n) is 3.04. The van der Waals surface area contributed by atoms with Crippen LogP contribution >= 0.6 is 0 Å². The lowest BCUT2D eigenvalue weighted by Gasteiger charge is -2.20. The first-order chi connectivity index (χ1) is 13.9. The predicted octanol–water partition coefficient (Wildman–Crippen LogP) is 3.84. The van der Waals surface area contributed by atoms with Crippen LogP contribution in [0, 0.1) is 0 Å². The van der Waals surface area contributed by atoms with Gasteiger partial charge in [0.05, 0.1) is 34.4 Å². The summed E-state index contributed by atoms with van der Waals surface area (Å²) in [6.07, 6.45) is -2.30. The Labute approximate surface area is 172 Å². The van der Waals surface area contributed by atoms with Gasteiger partial charge in [0.15, 0.2) is 9.84 Å². The Morgan fingerprint density at radius 2 is 1.97 bits per heavy atom. The Bertz CT molecular complexity index is 1080. The van der Waals surface area contributed by atoms with E-state index in [0.717, 1.165) is 18.5 Å². The summed E-state index contributed by atoms with van der Waals surface area (Å²) in [5, 5.41) is 0. The van der Waals surface area contributed by atoms with Gasteiger partial charge in [0.1, 0.15) is 5.75 Å². The van der Waals surface area contributed by atoms with Crippen LogP contribution in [0.25, 0.3) is 0 Å². The number of amides is 1. The average molecular weight is 442 g/mol. The molecule has 0 unspecified atom stereocenters. The summed E-state index contributed by atoms with van der Waals surface area (Å²) >= 11 is 0. The molecule has 0 saturated carbocycles. The van der Waals surface area contributed by atoms with Crippen LogP contribution in [0.15, 0.2) is 35.4 Å². The molecule has 0 bridgehead atoms. The molecule has 2 heterocycles. The number of pyridine rings is 1. The highest BCUT2D eigenvalue weighted by molar-refractivity contribution is 7.90. The minimum Gasteiger partial charge on any atom is -0.490 e. The second-order valence-corrected chi connectivity index (χ2v) is 9.27. The number of ether oxygens (including phenoxy) is 1. The van der Waals surface area contributed by atoms with E-state index in [0.29, 0.717) is 17.7 Å². The van der Waals surface area contributed by atoms with Crippen LogP contribution in [-0.4, -0.2) is 36.6 Å². The zero-order valence-electron chi connectivity index (χ0n) is 16.7. The lowest BCUT2D eigenvalue weighted by atomic mass is 10.1. The van der Waals surface area contributed by atoms with Crippen LogP contribution in [0.3, 0.4) is 0 Å². The van der Waals surface area contributed by atoms with Crippen molar-refractivity contribution in [1.29, 1.82) is 0 Å². The molecule has 6 nitrogen and oxygen atoms in total. The third-order valence-electron chi connectivity index (χ3n) is 4.89. The van der Waals surface area contributed by atoms with E-state index in [-0.39, 0.29) is 35.4 Å². The van der Waals surface area contributed by atoms with E-state index in [9.17, 15) is 26.4 Å². The Morgan fingerprint density at radius 1 is 1.27 bits per heavy atom. The van der Waals surface area contributed by atoms with Crippen molar-refractivity contribution in [1.82, 2.24) is 9.88 Å². The number of alkyl halides is 3. The van der Waals surface area contributed by atoms with E-state index in [2.05, 4.69) is 4.98 Å². The Morgan fingerprint density at radius 3 is 2.57 bits per heavy atom. The molecule has 3 rings (SSSR count). The van der Waals surface area contributed by atoms with Gasteiger partial charge < -0.3 is 9.64 Å².